The summed E-state index contributed by atoms with van der Waals surface area (Å²) in [5.41, 5.74) is 2.15. The van der Waals surface area contributed by atoms with Crippen LogP contribution in [0, 0.1) is 0 Å². The lowest BCUT2D eigenvalue weighted by molar-refractivity contribution is -0.119. The van der Waals surface area contributed by atoms with E-state index in [4.69, 9.17) is 4.74 Å². The first kappa shape index (κ1) is 17.8. The lowest BCUT2D eigenvalue weighted by Crippen LogP contribution is -2.32. The second kappa shape index (κ2) is 7.60. The number of hydrogen-bond acceptors (Lipinski definition) is 5. The van der Waals surface area contributed by atoms with Crippen molar-refractivity contribution in [2.75, 3.05) is 18.9 Å². The second-order valence-corrected chi connectivity index (χ2v) is 8.33. The van der Waals surface area contributed by atoms with Crippen molar-refractivity contribution in [2.24, 2.45) is 0 Å². The van der Waals surface area contributed by atoms with Gasteiger partial charge in [-0.25, -0.2) is 0 Å². The van der Waals surface area contributed by atoms with E-state index in [0.29, 0.717) is 18.3 Å². The fraction of sp³-hybridized carbons (Fsp3) is 0.450. The number of benzene rings is 1. The summed E-state index contributed by atoms with van der Waals surface area (Å²) < 4.78 is 7.76. The summed E-state index contributed by atoms with van der Waals surface area (Å²) in [6.45, 7) is 1.39. The molecule has 1 aliphatic carbocycles. The summed E-state index contributed by atoms with van der Waals surface area (Å²) in [5, 5.41) is 13.8. The van der Waals surface area contributed by atoms with Gasteiger partial charge in [0, 0.05) is 41.9 Å². The molecule has 1 aromatic carbocycles. The molecule has 1 atom stereocenters. The van der Waals surface area contributed by atoms with Gasteiger partial charge in [0.2, 0.25) is 5.91 Å². The highest BCUT2D eigenvalue weighted by molar-refractivity contribution is 7.99. The topological polar surface area (TPSA) is 84.8 Å². The third-order valence-corrected chi connectivity index (χ3v) is 6.23. The van der Waals surface area contributed by atoms with Gasteiger partial charge in [0.1, 0.15) is 0 Å². The molecule has 7 nitrogen and oxygen atoms in total. The Bertz CT molecular complexity index is 988. The minimum absolute atomic E-state index is 0.0134. The highest BCUT2D eigenvalue weighted by Crippen LogP contribution is 2.42. The molecule has 2 N–H and O–H groups in total. The number of amides is 1. The predicted molar refractivity (Wildman–Crippen MR) is 108 cm³/mol. The number of ether oxygens (including phenoxy) is 1. The van der Waals surface area contributed by atoms with Crippen molar-refractivity contribution in [3.63, 3.8) is 0 Å². The van der Waals surface area contributed by atoms with Crippen molar-refractivity contribution in [3.8, 4) is 11.4 Å². The van der Waals surface area contributed by atoms with E-state index in [1.807, 2.05) is 18.3 Å². The SMILES string of the molecule is O=C(CSc1nnc(-c2c[nH]c3ccccc23)n1C1CC1)NCC1CCCO1. The van der Waals surface area contributed by atoms with Crippen molar-refractivity contribution in [1.29, 1.82) is 0 Å². The van der Waals surface area contributed by atoms with Gasteiger partial charge in [-0.2, -0.15) is 0 Å². The molecule has 0 radical (unpaired) electrons. The van der Waals surface area contributed by atoms with E-state index in [9.17, 15) is 4.79 Å². The van der Waals surface area contributed by atoms with E-state index in [-0.39, 0.29) is 12.0 Å². The number of carbonyl (C=O) groups is 1. The largest absolute Gasteiger partial charge is 0.376 e. The molecule has 3 aromatic rings. The average Bonchev–Trinajstić information content (AvgIpc) is 3.13. The van der Waals surface area contributed by atoms with E-state index >= 15 is 0 Å². The van der Waals surface area contributed by atoms with Gasteiger partial charge in [0.25, 0.3) is 0 Å². The Kier molecular flexibility index (Phi) is 4.82. The molecule has 2 aliphatic rings. The second-order valence-electron chi connectivity index (χ2n) is 7.38. The molecule has 146 valence electrons. The fourth-order valence-corrected chi connectivity index (χ4v) is 4.53. The molecule has 1 saturated carbocycles. The molecular formula is C20H23N5O2S. The first-order chi connectivity index (χ1) is 13.8. The quantitative estimate of drug-likeness (QED) is 0.598. The van der Waals surface area contributed by atoms with Gasteiger partial charge in [-0.1, -0.05) is 30.0 Å². The number of aromatic nitrogens is 4. The van der Waals surface area contributed by atoms with Gasteiger partial charge in [0.05, 0.1) is 11.9 Å². The zero-order valence-electron chi connectivity index (χ0n) is 15.6. The highest BCUT2D eigenvalue weighted by atomic mass is 32.2. The lowest BCUT2D eigenvalue weighted by atomic mass is 10.1. The first-order valence-corrected chi connectivity index (χ1v) is 10.8. The van der Waals surface area contributed by atoms with E-state index in [1.54, 1.807) is 0 Å². The summed E-state index contributed by atoms with van der Waals surface area (Å²) in [6.07, 6.45) is 6.53. The van der Waals surface area contributed by atoms with Crippen molar-refractivity contribution in [1.82, 2.24) is 25.1 Å². The molecular weight excluding hydrogens is 374 g/mol. The minimum Gasteiger partial charge on any atom is -0.376 e. The number of hydrogen-bond donors (Lipinski definition) is 2. The number of fused-ring (bicyclic) bond motifs is 1. The van der Waals surface area contributed by atoms with Crippen LogP contribution < -0.4 is 5.32 Å². The Balaban J connectivity index is 1.31. The van der Waals surface area contributed by atoms with Crippen LogP contribution in [0.4, 0.5) is 0 Å². The van der Waals surface area contributed by atoms with E-state index in [2.05, 4.69) is 37.2 Å². The molecule has 8 heteroatoms. The molecule has 5 rings (SSSR count). The van der Waals surface area contributed by atoms with Gasteiger partial charge in [-0.05, 0) is 31.7 Å². The number of H-pyrrole nitrogens is 1. The molecule has 2 fully saturated rings. The molecule has 1 aliphatic heterocycles. The van der Waals surface area contributed by atoms with Gasteiger partial charge < -0.3 is 15.0 Å². The van der Waals surface area contributed by atoms with Gasteiger partial charge in [0.15, 0.2) is 11.0 Å². The zero-order valence-corrected chi connectivity index (χ0v) is 16.4. The van der Waals surface area contributed by atoms with Crippen LogP contribution in [0.5, 0.6) is 0 Å². The van der Waals surface area contributed by atoms with Crippen LogP contribution in [0.15, 0.2) is 35.6 Å². The Morgan fingerprint density at radius 2 is 2.18 bits per heavy atom. The number of rotatable bonds is 7. The highest BCUT2D eigenvalue weighted by Gasteiger charge is 2.31. The van der Waals surface area contributed by atoms with Crippen LogP contribution >= 0.6 is 11.8 Å². The van der Waals surface area contributed by atoms with Gasteiger partial charge in [-0.3, -0.25) is 9.36 Å². The zero-order chi connectivity index (χ0) is 18.9. The molecule has 0 bridgehead atoms. The number of nitrogens with one attached hydrogen (secondary N) is 2. The molecule has 1 amide bonds. The Labute approximate surface area is 167 Å². The summed E-state index contributed by atoms with van der Waals surface area (Å²) in [5.74, 6) is 1.23. The normalized spacial score (nSPS) is 19.4. The van der Waals surface area contributed by atoms with Crippen LogP contribution in [0.2, 0.25) is 0 Å². The van der Waals surface area contributed by atoms with Crippen molar-refractivity contribution < 1.29 is 9.53 Å². The van der Waals surface area contributed by atoms with E-state index in [1.165, 1.54) is 11.8 Å². The third kappa shape index (κ3) is 3.54. The van der Waals surface area contributed by atoms with Gasteiger partial charge >= 0.3 is 0 Å². The summed E-state index contributed by atoms with van der Waals surface area (Å²) in [4.78, 5) is 15.5. The van der Waals surface area contributed by atoms with Crippen molar-refractivity contribution >= 4 is 28.6 Å². The number of para-hydroxylation sites is 1. The van der Waals surface area contributed by atoms with Crippen LogP contribution in [0.25, 0.3) is 22.3 Å². The van der Waals surface area contributed by atoms with Crippen molar-refractivity contribution in [3.05, 3.63) is 30.5 Å². The number of thioether (sulfide) groups is 1. The van der Waals surface area contributed by atoms with E-state index in [0.717, 1.165) is 59.7 Å². The molecule has 0 spiro atoms. The smallest absolute Gasteiger partial charge is 0.230 e. The molecule has 28 heavy (non-hydrogen) atoms. The minimum atomic E-state index is 0.0134. The molecule has 1 unspecified atom stereocenters. The van der Waals surface area contributed by atoms with Crippen LogP contribution in [0.1, 0.15) is 31.7 Å². The first-order valence-electron chi connectivity index (χ1n) is 9.82. The van der Waals surface area contributed by atoms with E-state index < -0.39 is 0 Å². The summed E-state index contributed by atoms with van der Waals surface area (Å²) >= 11 is 1.46. The molecule has 2 aromatic heterocycles. The monoisotopic (exact) mass is 397 g/mol. The number of carbonyl (C=O) groups excluding carboxylic acids is 1. The summed E-state index contributed by atoms with van der Waals surface area (Å²) in [6, 6.07) is 8.63. The maximum absolute atomic E-state index is 12.2. The molecule has 1 saturated heterocycles. The standard InChI is InChI=1S/C20H23N5O2S/c26-18(22-10-14-4-3-9-27-14)12-28-20-24-23-19(25(20)13-7-8-13)16-11-21-17-6-2-1-5-15(16)17/h1-2,5-6,11,13-14,21H,3-4,7-10,12H2,(H,22,26). The average molecular weight is 398 g/mol. The Morgan fingerprint density at radius 1 is 1.29 bits per heavy atom. The number of aromatic amines is 1. The Morgan fingerprint density at radius 3 is 3.00 bits per heavy atom. The maximum atomic E-state index is 12.2. The molecule has 3 heterocycles. The fourth-order valence-electron chi connectivity index (χ4n) is 3.69. The van der Waals surface area contributed by atoms with Gasteiger partial charge in [-0.15, -0.1) is 10.2 Å². The van der Waals surface area contributed by atoms with Crippen LogP contribution in [-0.2, 0) is 9.53 Å². The van der Waals surface area contributed by atoms with Crippen LogP contribution in [-0.4, -0.2) is 50.7 Å². The summed E-state index contributed by atoms with van der Waals surface area (Å²) in [7, 11) is 0. The third-order valence-electron chi connectivity index (χ3n) is 5.29. The lowest BCUT2D eigenvalue weighted by Gasteiger charge is -2.11. The van der Waals surface area contributed by atoms with Crippen molar-refractivity contribution in [2.45, 2.75) is 43.0 Å². The van der Waals surface area contributed by atoms with Crippen LogP contribution in [0.3, 0.4) is 0 Å². The maximum Gasteiger partial charge on any atom is 0.230 e. The number of nitrogens with zero attached hydrogens (tertiary/aromatic N) is 3. The Hall–Kier alpha value is -2.32. The predicted octanol–water partition coefficient (Wildman–Crippen LogP) is 3.15.